The number of benzene rings is 15. The van der Waals surface area contributed by atoms with E-state index >= 15 is 0 Å². The van der Waals surface area contributed by atoms with Crippen molar-refractivity contribution in [2.24, 2.45) is 0 Å². The molecule has 4 heteroatoms. The predicted octanol–water partition coefficient (Wildman–Crippen LogP) is 18.8. The summed E-state index contributed by atoms with van der Waals surface area (Å²) >= 11 is 0. The zero-order chi connectivity index (χ0) is 54.7. The summed E-state index contributed by atoms with van der Waals surface area (Å²) in [4.78, 5) is 0. The smallest absolute Gasteiger partial charge is 0.872 e. The number of rotatable bonds is 6. The van der Waals surface area contributed by atoms with Gasteiger partial charge in [0.05, 0.1) is 0 Å². The minimum absolute atomic E-state index is 0. The summed E-state index contributed by atoms with van der Waals surface area (Å²) in [7, 11) is 0. The first-order valence-electron chi connectivity index (χ1n) is 27.2. The van der Waals surface area contributed by atoms with Crippen molar-refractivity contribution in [1.82, 2.24) is 0 Å². The average Bonchev–Trinajstić information content (AvgIpc) is 3.68. The van der Waals surface area contributed by atoms with Crippen LogP contribution in [-0.4, -0.2) is 17.4 Å². The topological polar surface area (TPSA) is 69.2 Å². The molecular formula is C78H51AlO3. The summed E-state index contributed by atoms with van der Waals surface area (Å²) in [6.45, 7) is 0. The van der Waals surface area contributed by atoms with Crippen LogP contribution >= 0.6 is 0 Å². The van der Waals surface area contributed by atoms with Crippen LogP contribution in [0, 0.1) is 0 Å². The van der Waals surface area contributed by atoms with E-state index in [1.54, 1.807) is 0 Å². The van der Waals surface area contributed by atoms with Crippen LogP contribution in [-0.2, 0) is 0 Å². The molecule has 0 fully saturated rings. The third-order valence-corrected chi connectivity index (χ3v) is 15.4. The quantitative estimate of drug-likeness (QED) is 0.156. The Morgan fingerprint density at radius 1 is 0.146 bits per heavy atom. The Kier molecular flexibility index (Phi) is 14.9. The van der Waals surface area contributed by atoms with E-state index in [0.717, 1.165) is 99.1 Å². The second kappa shape index (κ2) is 23.2. The van der Waals surface area contributed by atoms with Crippen molar-refractivity contribution >= 4 is 82.0 Å². The van der Waals surface area contributed by atoms with Crippen molar-refractivity contribution in [3.63, 3.8) is 0 Å². The predicted molar refractivity (Wildman–Crippen MR) is 341 cm³/mol. The van der Waals surface area contributed by atoms with E-state index < -0.39 is 0 Å². The van der Waals surface area contributed by atoms with Crippen molar-refractivity contribution in [3.05, 3.63) is 309 Å². The SMILES string of the molecule is [Al+3].[O-]c1c(-c2ccc3ccccc3c2)cccc1-c1ccc2ccccc2c1.[O-]c1c(-c2ccc3ccccc3c2)cccc1-c1ccc2ccccc2c1.[O-]c1c(-c2ccc3ccccc3c2)cccc1-c1ccc2ccccc2c1. The van der Waals surface area contributed by atoms with Gasteiger partial charge in [0.25, 0.3) is 0 Å². The van der Waals surface area contributed by atoms with Gasteiger partial charge in [-0.25, -0.2) is 0 Å². The number of hydrogen-bond donors (Lipinski definition) is 0. The van der Waals surface area contributed by atoms with Gasteiger partial charge in [0.15, 0.2) is 0 Å². The van der Waals surface area contributed by atoms with Crippen LogP contribution in [0.4, 0.5) is 0 Å². The molecule has 0 saturated heterocycles. The van der Waals surface area contributed by atoms with Crippen molar-refractivity contribution in [1.29, 1.82) is 0 Å². The Bertz CT molecular complexity index is 4050. The van der Waals surface area contributed by atoms with Gasteiger partial charge in [0, 0.05) is 0 Å². The molecule has 3 nitrogen and oxygen atoms in total. The molecule has 0 aromatic heterocycles. The fourth-order valence-corrected chi connectivity index (χ4v) is 11.1. The van der Waals surface area contributed by atoms with Crippen LogP contribution in [0.1, 0.15) is 0 Å². The Morgan fingerprint density at radius 2 is 0.293 bits per heavy atom. The Labute approximate surface area is 487 Å². The van der Waals surface area contributed by atoms with Crippen molar-refractivity contribution < 1.29 is 15.3 Å². The van der Waals surface area contributed by atoms with E-state index in [1.807, 2.05) is 164 Å². The van der Waals surface area contributed by atoms with Gasteiger partial charge in [-0.1, -0.05) is 290 Å². The molecule has 15 rings (SSSR count). The molecule has 0 aliphatic heterocycles. The summed E-state index contributed by atoms with van der Waals surface area (Å²) < 4.78 is 0. The van der Waals surface area contributed by atoms with E-state index in [2.05, 4.69) is 146 Å². The first-order valence-corrected chi connectivity index (χ1v) is 27.2. The Balaban J connectivity index is 0.000000121. The first kappa shape index (κ1) is 52.5. The zero-order valence-corrected chi connectivity index (χ0v) is 45.9. The largest absolute Gasteiger partial charge is 3.00 e. The Hall–Kier alpha value is -10.2. The summed E-state index contributed by atoms with van der Waals surface area (Å²) in [5.74, 6) is 0.217. The third kappa shape index (κ3) is 10.7. The number of para-hydroxylation sites is 3. The van der Waals surface area contributed by atoms with E-state index in [-0.39, 0.29) is 34.6 Å². The molecule has 0 radical (unpaired) electrons. The molecule has 0 aliphatic rings. The van der Waals surface area contributed by atoms with Gasteiger partial charge in [-0.3, -0.25) is 0 Å². The van der Waals surface area contributed by atoms with Crippen molar-refractivity contribution in [2.75, 3.05) is 0 Å². The third-order valence-electron chi connectivity index (χ3n) is 15.4. The number of fused-ring (bicyclic) bond motifs is 6. The van der Waals surface area contributed by atoms with Gasteiger partial charge in [-0.05, 0) is 168 Å². The number of hydrogen-bond acceptors (Lipinski definition) is 3. The summed E-state index contributed by atoms with van der Waals surface area (Å²) in [5.41, 5.74) is 10.2. The molecule has 0 saturated carbocycles. The van der Waals surface area contributed by atoms with Crippen LogP contribution in [0.3, 0.4) is 0 Å². The molecule has 15 aromatic carbocycles. The first-order chi connectivity index (χ1) is 39.9. The Morgan fingerprint density at radius 3 is 0.451 bits per heavy atom. The van der Waals surface area contributed by atoms with Crippen LogP contribution in [0.5, 0.6) is 17.2 Å². The van der Waals surface area contributed by atoms with Crippen LogP contribution < -0.4 is 15.3 Å². The molecule has 0 N–H and O–H groups in total. The van der Waals surface area contributed by atoms with Crippen molar-refractivity contribution in [3.8, 4) is 84.0 Å². The van der Waals surface area contributed by atoms with Crippen LogP contribution in [0.25, 0.3) is 131 Å². The molecule has 0 atom stereocenters. The maximum atomic E-state index is 13.2. The van der Waals surface area contributed by atoms with E-state index in [9.17, 15) is 15.3 Å². The molecule has 0 heterocycles. The fourth-order valence-electron chi connectivity index (χ4n) is 11.1. The average molecular weight is 1060 g/mol. The minimum atomic E-state index is 0. The van der Waals surface area contributed by atoms with Crippen LogP contribution in [0.2, 0.25) is 0 Å². The molecule has 0 spiro atoms. The van der Waals surface area contributed by atoms with Gasteiger partial charge in [-0.2, -0.15) is 0 Å². The maximum absolute atomic E-state index is 13.2. The normalized spacial score (nSPS) is 11.0. The van der Waals surface area contributed by atoms with Gasteiger partial charge in [-0.15, -0.1) is 0 Å². The zero-order valence-electron chi connectivity index (χ0n) is 44.7. The van der Waals surface area contributed by atoms with Gasteiger partial charge < -0.3 is 15.3 Å². The summed E-state index contributed by atoms with van der Waals surface area (Å²) in [6, 6.07) is 104. The standard InChI is InChI=1S/3C26H18O.Al/c3*27-26-24(22-14-12-18-6-1-3-8-20(18)16-22)10-5-11-25(26)23-15-13-19-7-2-4-9-21(19)17-23;/h3*1-17,27H;/q;;;+3/p-3. The second-order valence-electron chi connectivity index (χ2n) is 20.4. The molecule has 384 valence electrons. The van der Waals surface area contributed by atoms with Gasteiger partial charge in [0.2, 0.25) is 0 Å². The molecule has 0 aliphatic carbocycles. The monoisotopic (exact) mass is 1060 g/mol. The molecule has 0 bridgehead atoms. The molecule has 0 amide bonds. The van der Waals surface area contributed by atoms with E-state index in [4.69, 9.17) is 0 Å². The second-order valence-corrected chi connectivity index (χ2v) is 20.4. The van der Waals surface area contributed by atoms with E-state index in [0.29, 0.717) is 0 Å². The molecule has 15 aromatic rings. The van der Waals surface area contributed by atoms with Crippen LogP contribution in [0.15, 0.2) is 309 Å². The summed E-state index contributed by atoms with van der Waals surface area (Å²) in [5, 5.41) is 53.7. The fraction of sp³-hybridized carbons (Fsp3) is 0. The molecular weight excluding hydrogens is 1010 g/mol. The minimum Gasteiger partial charge on any atom is -0.872 e. The van der Waals surface area contributed by atoms with Gasteiger partial charge in [0.1, 0.15) is 0 Å². The molecule has 0 unspecified atom stereocenters. The molecule has 82 heavy (non-hydrogen) atoms. The van der Waals surface area contributed by atoms with E-state index in [1.165, 1.54) is 32.3 Å². The summed E-state index contributed by atoms with van der Waals surface area (Å²) in [6.07, 6.45) is 0. The maximum Gasteiger partial charge on any atom is 3.00 e. The van der Waals surface area contributed by atoms with Crippen molar-refractivity contribution in [2.45, 2.75) is 0 Å². The van der Waals surface area contributed by atoms with Gasteiger partial charge >= 0.3 is 17.4 Å².